The molecule has 3 heteroatoms. The van der Waals surface area contributed by atoms with Crippen LogP contribution in [0.4, 0.5) is 17.1 Å². The average Bonchev–Trinajstić information content (AvgIpc) is 3.93. The summed E-state index contributed by atoms with van der Waals surface area (Å²) >= 11 is 0. The Hall–Kier alpha value is -8.40. The first kappa shape index (κ1) is 35.4. The Morgan fingerprint density at radius 3 is 1.56 bits per heavy atom. The SMILES string of the molecule is c1ccc2cc(-c3c(N(c4ccc(-c5cccc6c5oc5ccccc56)cc4)c4ccc(-c5cccc6oc7ccccc7c56)cc4)c4ccccc4c4ccccc34)ccc2c1. The Morgan fingerprint density at radius 1 is 0.302 bits per heavy atom. The fourth-order valence-electron chi connectivity index (χ4n) is 9.97. The second-order valence-corrected chi connectivity index (χ2v) is 16.4. The van der Waals surface area contributed by atoms with Gasteiger partial charge in [0.1, 0.15) is 22.3 Å². The van der Waals surface area contributed by atoms with Crippen molar-refractivity contribution >= 4 is 93.3 Å². The van der Waals surface area contributed by atoms with E-state index in [1.165, 1.54) is 43.4 Å². The molecule has 0 atom stereocenters. The van der Waals surface area contributed by atoms with Gasteiger partial charge in [-0.05, 0) is 97.7 Å². The summed E-state index contributed by atoms with van der Waals surface area (Å²) in [5.41, 5.74) is 13.6. The highest BCUT2D eigenvalue weighted by atomic mass is 16.3. The van der Waals surface area contributed by atoms with Gasteiger partial charge in [-0.15, -0.1) is 0 Å². The van der Waals surface area contributed by atoms with Crippen molar-refractivity contribution in [2.45, 2.75) is 0 Å². The second kappa shape index (κ2) is 14.1. The number of rotatable bonds is 6. The molecule has 0 aliphatic carbocycles. The molecular formula is C60H37NO2. The van der Waals surface area contributed by atoms with Crippen molar-refractivity contribution in [1.29, 1.82) is 0 Å². The zero-order chi connectivity index (χ0) is 41.4. The predicted molar refractivity (Wildman–Crippen MR) is 265 cm³/mol. The highest BCUT2D eigenvalue weighted by Crippen LogP contribution is 2.50. The highest BCUT2D eigenvalue weighted by molar-refractivity contribution is 6.23. The van der Waals surface area contributed by atoms with Crippen molar-refractivity contribution in [3.63, 3.8) is 0 Å². The largest absolute Gasteiger partial charge is 0.456 e. The molecule has 0 fully saturated rings. The van der Waals surface area contributed by atoms with Crippen LogP contribution in [0.2, 0.25) is 0 Å². The average molecular weight is 804 g/mol. The monoisotopic (exact) mass is 803 g/mol. The van der Waals surface area contributed by atoms with Crippen molar-refractivity contribution < 1.29 is 8.83 Å². The van der Waals surface area contributed by atoms with Gasteiger partial charge in [0.25, 0.3) is 0 Å². The van der Waals surface area contributed by atoms with Crippen LogP contribution < -0.4 is 4.90 Å². The Balaban J connectivity index is 1.06. The van der Waals surface area contributed by atoms with Gasteiger partial charge in [-0.1, -0.05) is 176 Å². The number of benzene rings is 11. The first-order valence-corrected chi connectivity index (χ1v) is 21.5. The van der Waals surface area contributed by atoms with Crippen LogP contribution in [0.3, 0.4) is 0 Å². The van der Waals surface area contributed by atoms with E-state index < -0.39 is 0 Å². The zero-order valence-corrected chi connectivity index (χ0v) is 34.1. The summed E-state index contributed by atoms with van der Waals surface area (Å²) in [6, 6.07) is 80.7. The van der Waals surface area contributed by atoms with Gasteiger partial charge in [0, 0.05) is 49.4 Å². The summed E-state index contributed by atoms with van der Waals surface area (Å²) in [7, 11) is 0. The first-order chi connectivity index (χ1) is 31.2. The maximum atomic E-state index is 6.52. The lowest BCUT2D eigenvalue weighted by molar-refractivity contribution is 0.669. The fraction of sp³-hybridized carbons (Fsp3) is 0. The third-order valence-corrected chi connectivity index (χ3v) is 12.8. The van der Waals surface area contributed by atoms with Gasteiger partial charge in [-0.25, -0.2) is 0 Å². The van der Waals surface area contributed by atoms with Crippen LogP contribution >= 0.6 is 0 Å². The summed E-state index contributed by atoms with van der Waals surface area (Å²) in [5, 5.41) is 11.7. The maximum Gasteiger partial charge on any atom is 0.143 e. The van der Waals surface area contributed by atoms with E-state index in [1.807, 2.05) is 24.3 Å². The molecule has 63 heavy (non-hydrogen) atoms. The van der Waals surface area contributed by atoms with E-state index in [9.17, 15) is 0 Å². The van der Waals surface area contributed by atoms with E-state index in [0.29, 0.717) is 0 Å². The van der Waals surface area contributed by atoms with Crippen LogP contribution in [0.25, 0.3) is 110 Å². The molecule has 0 amide bonds. The molecule has 0 aliphatic rings. The van der Waals surface area contributed by atoms with Gasteiger partial charge < -0.3 is 13.7 Å². The normalized spacial score (nSPS) is 11.8. The number of nitrogens with zero attached hydrogens (tertiary/aromatic N) is 1. The Kier molecular flexibility index (Phi) is 7.91. The van der Waals surface area contributed by atoms with Gasteiger partial charge >= 0.3 is 0 Å². The Morgan fingerprint density at radius 2 is 0.810 bits per heavy atom. The second-order valence-electron chi connectivity index (χ2n) is 16.4. The third-order valence-electron chi connectivity index (χ3n) is 12.8. The molecule has 11 aromatic carbocycles. The molecule has 0 bridgehead atoms. The van der Waals surface area contributed by atoms with Crippen molar-refractivity contribution in [2.24, 2.45) is 0 Å². The van der Waals surface area contributed by atoms with Crippen LogP contribution in [0.5, 0.6) is 0 Å². The van der Waals surface area contributed by atoms with Gasteiger partial charge in [-0.3, -0.25) is 0 Å². The molecular weight excluding hydrogens is 767 g/mol. The van der Waals surface area contributed by atoms with E-state index >= 15 is 0 Å². The molecule has 0 unspecified atom stereocenters. The molecule has 0 N–H and O–H groups in total. The highest BCUT2D eigenvalue weighted by Gasteiger charge is 2.24. The van der Waals surface area contributed by atoms with Crippen molar-refractivity contribution in [2.75, 3.05) is 4.90 Å². The number of furan rings is 2. The summed E-state index contributed by atoms with van der Waals surface area (Å²) in [5.74, 6) is 0. The minimum Gasteiger partial charge on any atom is -0.456 e. The number of anilines is 3. The lowest BCUT2D eigenvalue weighted by Gasteiger charge is -2.31. The van der Waals surface area contributed by atoms with Crippen LogP contribution in [0.15, 0.2) is 233 Å². The lowest BCUT2D eigenvalue weighted by atomic mass is 9.89. The van der Waals surface area contributed by atoms with Crippen molar-refractivity contribution in [1.82, 2.24) is 0 Å². The summed E-state index contributed by atoms with van der Waals surface area (Å²) < 4.78 is 12.8. The van der Waals surface area contributed by atoms with Crippen molar-refractivity contribution in [3.8, 4) is 33.4 Å². The molecule has 13 rings (SSSR count). The van der Waals surface area contributed by atoms with Crippen molar-refractivity contribution in [3.05, 3.63) is 224 Å². The smallest absolute Gasteiger partial charge is 0.143 e. The lowest BCUT2D eigenvalue weighted by Crippen LogP contribution is -2.12. The standard InChI is InChI=1S/C60H37NO2/c1-2-14-41-37-42(28-27-38(41)13-1)57-50-18-5-3-15-47(50)48-16-4-6-19-51(48)59(57)61(43-33-29-39(30-34-43)45-21-12-26-56-58(45)53-20-8-10-25-55(53)62-56)44-35-31-40(32-36-44)46-22-11-23-52-49-17-7-9-24-54(49)63-60(46)52/h1-37H. The summed E-state index contributed by atoms with van der Waals surface area (Å²) in [6.07, 6.45) is 0. The fourth-order valence-corrected chi connectivity index (χ4v) is 9.97. The number of hydrogen-bond donors (Lipinski definition) is 0. The number of para-hydroxylation sites is 3. The van der Waals surface area contributed by atoms with E-state index in [-0.39, 0.29) is 0 Å². The molecule has 2 heterocycles. The number of hydrogen-bond acceptors (Lipinski definition) is 3. The molecule has 0 spiro atoms. The molecule has 2 aromatic heterocycles. The van der Waals surface area contributed by atoms with Crippen LogP contribution in [0, 0.1) is 0 Å². The molecule has 294 valence electrons. The minimum atomic E-state index is 0.889. The summed E-state index contributed by atoms with van der Waals surface area (Å²) in [6.45, 7) is 0. The predicted octanol–water partition coefficient (Wildman–Crippen LogP) is 17.4. The Labute approximate surface area is 363 Å². The first-order valence-electron chi connectivity index (χ1n) is 21.5. The Bertz CT molecular complexity index is 3910. The minimum absolute atomic E-state index is 0.889. The molecule has 3 nitrogen and oxygen atoms in total. The van der Waals surface area contributed by atoms with Gasteiger partial charge in [-0.2, -0.15) is 0 Å². The van der Waals surface area contributed by atoms with Gasteiger partial charge in [0.2, 0.25) is 0 Å². The van der Waals surface area contributed by atoms with Crippen LogP contribution in [0.1, 0.15) is 0 Å². The number of fused-ring (bicyclic) bond motifs is 10. The van der Waals surface area contributed by atoms with E-state index in [1.54, 1.807) is 0 Å². The van der Waals surface area contributed by atoms with Gasteiger partial charge in [0.05, 0.1) is 5.69 Å². The van der Waals surface area contributed by atoms with E-state index in [0.717, 1.165) is 83.2 Å². The van der Waals surface area contributed by atoms with E-state index in [2.05, 4.69) is 205 Å². The van der Waals surface area contributed by atoms with Gasteiger partial charge in [0.15, 0.2) is 0 Å². The molecule has 0 aliphatic heterocycles. The van der Waals surface area contributed by atoms with Crippen LogP contribution in [-0.4, -0.2) is 0 Å². The summed E-state index contributed by atoms with van der Waals surface area (Å²) in [4.78, 5) is 2.46. The maximum absolute atomic E-state index is 6.52. The molecule has 0 saturated heterocycles. The quantitative estimate of drug-likeness (QED) is 0.157. The topological polar surface area (TPSA) is 29.5 Å². The molecule has 0 radical (unpaired) electrons. The zero-order valence-electron chi connectivity index (χ0n) is 34.1. The molecule has 0 saturated carbocycles. The van der Waals surface area contributed by atoms with Crippen LogP contribution in [-0.2, 0) is 0 Å². The third kappa shape index (κ3) is 5.60. The molecule has 13 aromatic rings. The van der Waals surface area contributed by atoms with E-state index in [4.69, 9.17) is 8.83 Å².